The molecule has 2 N–H and O–H groups in total. The van der Waals surface area contributed by atoms with Crippen molar-refractivity contribution in [3.05, 3.63) is 24.0 Å². The van der Waals surface area contributed by atoms with Crippen LogP contribution in [0.25, 0.3) is 0 Å². The minimum absolute atomic E-state index is 0.0336. The number of piperidine rings is 1. The fourth-order valence-corrected chi connectivity index (χ4v) is 2.02. The van der Waals surface area contributed by atoms with E-state index in [4.69, 9.17) is 5.73 Å². The zero-order valence-corrected chi connectivity index (χ0v) is 9.24. The van der Waals surface area contributed by atoms with Gasteiger partial charge >= 0.3 is 6.18 Å². The molecule has 0 spiro atoms. The lowest BCUT2D eigenvalue weighted by Gasteiger charge is -2.32. The number of nitrogens with two attached hydrogens (primary N) is 1. The van der Waals surface area contributed by atoms with Gasteiger partial charge in [-0.2, -0.15) is 13.2 Å². The molecule has 0 amide bonds. The van der Waals surface area contributed by atoms with Crippen molar-refractivity contribution in [2.24, 2.45) is 5.73 Å². The molecule has 1 atom stereocenters. The van der Waals surface area contributed by atoms with Gasteiger partial charge in [-0.15, -0.1) is 0 Å². The average Bonchev–Trinajstić information content (AvgIpc) is 2.28. The zero-order valence-electron chi connectivity index (χ0n) is 9.24. The Balaban J connectivity index is 2.21. The van der Waals surface area contributed by atoms with Crippen molar-refractivity contribution in [3.63, 3.8) is 0 Å². The van der Waals surface area contributed by atoms with Crippen LogP contribution in [0.15, 0.2) is 18.3 Å². The second kappa shape index (κ2) is 4.52. The number of alkyl halides is 3. The predicted molar refractivity (Wildman–Crippen MR) is 58.7 cm³/mol. The van der Waals surface area contributed by atoms with Crippen molar-refractivity contribution in [3.8, 4) is 0 Å². The topological polar surface area (TPSA) is 42.1 Å². The summed E-state index contributed by atoms with van der Waals surface area (Å²) in [4.78, 5) is 5.22. The molecule has 1 aromatic rings. The van der Waals surface area contributed by atoms with Gasteiger partial charge in [0.1, 0.15) is 5.69 Å². The van der Waals surface area contributed by atoms with Gasteiger partial charge in [-0.3, -0.25) is 4.98 Å². The molecule has 2 heterocycles. The lowest BCUT2D eigenvalue weighted by molar-refractivity contribution is -0.141. The van der Waals surface area contributed by atoms with Crippen molar-refractivity contribution < 1.29 is 13.2 Å². The minimum Gasteiger partial charge on any atom is -0.370 e. The van der Waals surface area contributed by atoms with Crippen molar-refractivity contribution in [1.82, 2.24) is 4.98 Å². The van der Waals surface area contributed by atoms with E-state index in [0.29, 0.717) is 12.2 Å². The summed E-state index contributed by atoms with van der Waals surface area (Å²) in [7, 11) is 0. The number of aromatic nitrogens is 1. The van der Waals surface area contributed by atoms with Crippen LogP contribution in [0, 0.1) is 0 Å². The van der Waals surface area contributed by atoms with Crippen molar-refractivity contribution in [2.45, 2.75) is 25.1 Å². The van der Waals surface area contributed by atoms with E-state index < -0.39 is 11.9 Å². The molecule has 0 aliphatic carbocycles. The molecule has 0 unspecified atom stereocenters. The maximum atomic E-state index is 12.5. The van der Waals surface area contributed by atoms with Gasteiger partial charge in [0.25, 0.3) is 0 Å². The lowest BCUT2D eigenvalue weighted by Crippen LogP contribution is -2.42. The molecule has 1 fully saturated rings. The van der Waals surface area contributed by atoms with E-state index in [1.54, 1.807) is 6.07 Å². The molecule has 2 rings (SSSR count). The van der Waals surface area contributed by atoms with E-state index in [1.165, 1.54) is 6.20 Å². The first-order valence-electron chi connectivity index (χ1n) is 5.50. The van der Waals surface area contributed by atoms with Crippen molar-refractivity contribution in [1.29, 1.82) is 0 Å². The van der Waals surface area contributed by atoms with Crippen LogP contribution in [0.4, 0.5) is 18.9 Å². The highest BCUT2D eigenvalue weighted by Gasteiger charge is 2.33. The van der Waals surface area contributed by atoms with Gasteiger partial charge in [0.05, 0.1) is 0 Å². The van der Waals surface area contributed by atoms with E-state index >= 15 is 0 Å². The fraction of sp³-hybridized carbons (Fsp3) is 0.545. The molecule has 1 aliphatic heterocycles. The summed E-state index contributed by atoms with van der Waals surface area (Å²) < 4.78 is 37.5. The molecule has 94 valence electrons. The summed E-state index contributed by atoms with van der Waals surface area (Å²) in [6.45, 7) is 1.34. The van der Waals surface area contributed by atoms with Gasteiger partial charge in [-0.1, -0.05) is 0 Å². The number of pyridine rings is 1. The molecular weight excluding hydrogens is 231 g/mol. The first-order valence-corrected chi connectivity index (χ1v) is 5.50. The second-order valence-corrected chi connectivity index (χ2v) is 4.25. The molecule has 6 heteroatoms. The van der Waals surface area contributed by atoms with Gasteiger partial charge in [0, 0.05) is 31.0 Å². The monoisotopic (exact) mass is 245 g/mol. The summed E-state index contributed by atoms with van der Waals surface area (Å²) in [5, 5.41) is 0. The van der Waals surface area contributed by atoms with Crippen LogP contribution in [0.3, 0.4) is 0 Å². The first kappa shape index (κ1) is 12.2. The van der Waals surface area contributed by atoms with Crippen LogP contribution >= 0.6 is 0 Å². The summed E-state index contributed by atoms with van der Waals surface area (Å²) in [5.74, 6) is 0. The third-order valence-corrected chi connectivity index (χ3v) is 2.86. The highest BCUT2D eigenvalue weighted by Crippen LogP contribution is 2.30. The standard InChI is InChI=1S/C11H14F3N3/c12-11(13,14)10-6-9(3-4-16-10)17-5-1-2-8(15)7-17/h3-4,6,8H,1-2,5,7,15H2/t8-/m1/s1. The molecule has 0 radical (unpaired) electrons. The Labute approximate surface area is 97.4 Å². The Hall–Kier alpha value is -1.30. The maximum Gasteiger partial charge on any atom is 0.433 e. The average molecular weight is 245 g/mol. The van der Waals surface area contributed by atoms with Crippen LogP contribution in [-0.2, 0) is 6.18 Å². The maximum absolute atomic E-state index is 12.5. The van der Waals surface area contributed by atoms with Crippen LogP contribution in [0.5, 0.6) is 0 Å². The molecule has 3 nitrogen and oxygen atoms in total. The molecule has 0 saturated carbocycles. The van der Waals surface area contributed by atoms with Gasteiger partial charge in [0.2, 0.25) is 0 Å². The first-order chi connectivity index (χ1) is 7.97. The number of nitrogens with zero attached hydrogens (tertiary/aromatic N) is 2. The third-order valence-electron chi connectivity index (χ3n) is 2.86. The number of halogens is 3. The van der Waals surface area contributed by atoms with Crippen molar-refractivity contribution in [2.75, 3.05) is 18.0 Å². The van der Waals surface area contributed by atoms with Gasteiger partial charge in [-0.25, -0.2) is 0 Å². The van der Waals surface area contributed by atoms with Crippen LogP contribution in [0.2, 0.25) is 0 Å². The van der Waals surface area contributed by atoms with Crippen molar-refractivity contribution >= 4 is 5.69 Å². The zero-order chi connectivity index (χ0) is 12.5. The largest absolute Gasteiger partial charge is 0.433 e. The predicted octanol–water partition coefficient (Wildman–Crippen LogP) is 2.03. The van der Waals surface area contributed by atoms with E-state index in [9.17, 15) is 13.2 Å². The Bertz CT molecular complexity index is 392. The Kier molecular flexibility index (Phi) is 3.24. The molecular formula is C11H14F3N3. The molecule has 0 bridgehead atoms. The smallest absolute Gasteiger partial charge is 0.370 e. The highest BCUT2D eigenvalue weighted by atomic mass is 19.4. The number of hydrogen-bond donors (Lipinski definition) is 1. The number of hydrogen-bond acceptors (Lipinski definition) is 3. The second-order valence-electron chi connectivity index (χ2n) is 4.25. The molecule has 1 aromatic heterocycles. The van der Waals surface area contributed by atoms with E-state index in [0.717, 1.165) is 25.5 Å². The molecule has 17 heavy (non-hydrogen) atoms. The van der Waals surface area contributed by atoms with Gasteiger partial charge in [-0.05, 0) is 25.0 Å². The van der Waals surface area contributed by atoms with E-state index in [2.05, 4.69) is 4.98 Å². The molecule has 1 saturated heterocycles. The van der Waals surface area contributed by atoms with E-state index in [-0.39, 0.29) is 6.04 Å². The summed E-state index contributed by atoms with van der Waals surface area (Å²) in [5.41, 5.74) is 5.50. The van der Waals surface area contributed by atoms with Crippen LogP contribution in [0.1, 0.15) is 18.5 Å². The quantitative estimate of drug-likeness (QED) is 0.823. The number of rotatable bonds is 1. The molecule has 0 aromatic carbocycles. The van der Waals surface area contributed by atoms with Gasteiger partial charge < -0.3 is 10.6 Å². The fourth-order valence-electron chi connectivity index (χ4n) is 2.02. The normalized spacial score (nSPS) is 21.6. The number of anilines is 1. The minimum atomic E-state index is -4.39. The van der Waals surface area contributed by atoms with Gasteiger partial charge in [0.15, 0.2) is 0 Å². The van der Waals surface area contributed by atoms with Crippen LogP contribution < -0.4 is 10.6 Å². The highest BCUT2D eigenvalue weighted by molar-refractivity contribution is 5.47. The lowest BCUT2D eigenvalue weighted by atomic mass is 10.1. The van der Waals surface area contributed by atoms with E-state index in [1.807, 2.05) is 4.90 Å². The summed E-state index contributed by atoms with van der Waals surface area (Å²) >= 11 is 0. The Morgan fingerprint density at radius 3 is 2.82 bits per heavy atom. The summed E-state index contributed by atoms with van der Waals surface area (Å²) in [6, 6.07) is 2.71. The third kappa shape index (κ3) is 2.88. The Morgan fingerprint density at radius 1 is 1.41 bits per heavy atom. The SMILES string of the molecule is N[C@@H]1CCCN(c2ccnc(C(F)(F)F)c2)C1. The van der Waals surface area contributed by atoms with Crippen LogP contribution in [-0.4, -0.2) is 24.1 Å². The summed E-state index contributed by atoms with van der Waals surface area (Å²) in [6.07, 6.45) is -1.37. The Morgan fingerprint density at radius 2 is 2.18 bits per heavy atom. The molecule has 1 aliphatic rings.